The largest absolute Gasteiger partial charge is 0.457 e. The Bertz CT molecular complexity index is 752. The van der Waals surface area contributed by atoms with Gasteiger partial charge in [-0.3, -0.25) is 4.79 Å². The van der Waals surface area contributed by atoms with E-state index >= 15 is 0 Å². The SMILES string of the molecule is C=C1CCC(C(CCC=C(C)C)COC2OCC(O)C(OC(C)=O)C2O)C2C=C(C)CCC12. The van der Waals surface area contributed by atoms with Crippen molar-refractivity contribution < 1.29 is 29.2 Å². The summed E-state index contributed by atoms with van der Waals surface area (Å²) in [5.74, 6) is 1.26. The summed E-state index contributed by atoms with van der Waals surface area (Å²) >= 11 is 0. The second-order valence-electron chi connectivity index (χ2n) is 10.4. The molecule has 0 bridgehead atoms. The summed E-state index contributed by atoms with van der Waals surface area (Å²) in [7, 11) is 0. The van der Waals surface area contributed by atoms with Gasteiger partial charge in [0.05, 0.1) is 13.2 Å². The Morgan fingerprint density at radius 1 is 1.27 bits per heavy atom. The Morgan fingerprint density at radius 2 is 2.03 bits per heavy atom. The molecule has 6 nitrogen and oxygen atoms in total. The van der Waals surface area contributed by atoms with Crippen LogP contribution in [-0.4, -0.2) is 54.0 Å². The molecule has 1 saturated carbocycles. The molecular formula is C27H42O6. The van der Waals surface area contributed by atoms with Crippen LogP contribution in [0.15, 0.2) is 35.5 Å². The molecule has 1 heterocycles. The van der Waals surface area contributed by atoms with Crippen molar-refractivity contribution in [1.82, 2.24) is 0 Å². The number of ether oxygens (including phenoxy) is 3. The lowest BCUT2D eigenvalue weighted by atomic mass is 9.61. The highest BCUT2D eigenvalue weighted by Crippen LogP contribution is 2.48. The zero-order valence-corrected chi connectivity index (χ0v) is 20.7. The minimum atomic E-state index is -1.23. The second kappa shape index (κ2) is 11.8. The van der Waals surface area contributed by atoms with E-state index in [1.807, 2.05) is 0 Å². The highest BCUT2D eigenvalue weighted by molar-refractivity contribution is 5.66. The van der Waals surface area contributed by atoms with Crippen LogP contribution >= 0.6 is 0 Å². The Labute approximate surface area is 198 Å². The highest BCUT2D eigenvalue weighted by atomic mass is 16.7. The molecule has 2 N–H and O–H groups in total. The van der Waals surface area contributed by atoms with Crippen molar-refractivity contribution in [3.8, 4) is 0 Å². The van der Waals surface area contributed by atoms with E-state index in [2.05, 4.69) is 39.5 Å². The summed E-state index contributed by atoms with van der Waals surface area (Å²) in [6.45, 7) is 12.5. The van der Waals surface area contributed by atoms with Gasteiger partial charge in [-0.2, -0.15) is 0 Å². The number of carbonyl (C=O) groups excluding carboxylic acids is 1. The van der Waals surface area contributed by atoms with Crippen molar-refractivity contribution >= 4 is 5.97 Å². The van der Waals surface area contributed by atoms with Crippen LogP contribution in [0, 0.1) is 23.7 Å². The average molecular weight is 463 g/mol. The number of aliphatic hydroxyl groups is 2. The topological polar surface area (TPSA) is 85.2 Å². The van der Waals surface area contributed by atoms with E-state index in [0.29, 0.717) is 30.3 Å². The number of rotatable bonds is 8. The molecule has 2 fully saturated rings. The van der Waals surface area contributed by atoms with Crippen LogP contribution in [0.5, 0.6) is 0 Å². The van der Waals surface area contributed by atoms with Crippen LogP contribution < -0.4 is 0 Å². The Kier molecular flexibility index (Phi) is 9.34. The summed E-state index contributed by atoms with van der Waals surface area (Å²) in [5.41, 5.74) is 4.15. The molecule has 0 aromatic rings. The molecule has 8 atom stereocenters. The Hall–Kier alpha value is -1.47. The van der Waals surface area contributed by atoms with Gasteiger partial charge in [-0.25, -0.2) is 0 Å². The van der Waals surface area contributed by atoms with Gasteiger partial charge in [0, 0.05) is 6.92 Å². The first-order chi connectivity index (χ1) is 15.7. The maximum Gasteiger partial charge on any atom is 0.303 e. The molecule has 0 radical (unpaired) electrons. The predicted molar refractivity (Wildman–Crippen MR) is 127 cm³/mol. The van der Waals surface area contributed by atoms with Gasteiger partial charge < -0.3 is 24.4 Å². The van der Waals surface area contributed by atoms with Crippen LogP contribution in [0.1, 0.15) is 66.2 Å². The van der Waals surface area contributed by atoms with Gasteiger partial charge in [0.2, 0.25) is 0 Å². The number of hydrogen-bond acceptors (Lipinski definition) is 6. The van der Waals surface area contributed by atoms with Gasteiger partial charge in [0.15, 0.2) is 12.4 Å². The van der Waals surface area contributed by atoms with Crippen molar-refractivity contribution in [2.45, 2.75) is 90.8 Å². The molecular weight excluding hydrogens is 420 g/mol. The average Bonchev–Trinajstić information content (AvgIpc) is 2.75. The standard InChI is InChI=1S/C27H42O6/c1-16(2)7-6-8-20(22-12-10-18(4)21-11-9-17(3)13-23(21)22)14-31-27-25(30)26(33-19(5)28)24(29)15-32-27/h7,13,20-27,29-30H,4,6,8-12,14-15H2,1-3,5H3. The van der Waals surface area contributed by atoms with Crippen molar-refractivity contribution in [3.63, 3.8) is 0 Å². The van der Waals surface area contributed by atoms with Crippen LogP contribution in [0.4, 0.5) is 0 Å². The Balaban J connectivity index is 1.73. The number of hydrogen-bond donors (Lipinski definition) is 2. The molecule has 3 aliphatic rings. The van der Waals surface area contributed by atoms with E-state index < -0.39 is 30.6 Å². The fraction of sp³-hybridized carbons (Fsp3) is 0.741. The second-order valence-corrected chi connectivity index (χ2v) is 10.4. The number of esters is 1. The third-order valence-corrected chi connectivity index (χ3v) is 7.51. The molecule has 1 aliphatic heterocycles. The molecule has 186 valence electrons. The first-order valence-electron chi connectivity index (χ1n) is 12.4. The van der Waals surface area contributed by atoms with Crippen LogP contribution in [0.3, 0.4) is 0 Å². The van der Waals surface area contributed by atoms with E-state index in [1.165, 1.54) is 30.1 Å². The minimum Gasteiger partial charge on any atom is -0.457 e. The molecule has 0 aromatic carbocycles. The van der Waals surface area contributed by atoms with Gasteiger partial charge >= 0.3 is 5.97 Å². The van der Waals surface area contributed by atoms with E-state index in [1.54, 1.807) is 0 Å². The van der Waals surface area contributed by atoms with Gasteiger partial charge in [-0.15, -0.1) is 0 Å². The van der Waals surface area contributed by atoms with Crippen molar-refractivity contribution in [3.05, 3.63) is 35.5 Å². The molecule has 0 aromatic heterocycles. The molecule has 6 heteroatoms. The van der Waals surface area contributed by atoms with Gasteiger partial charge in [0.1, 0.15) is 12.2 Å². The Morgan fingerprint density at radius 3 is 2.73 bits per heavy atom. The number of fused-ring (bicyclic) bond motifs is 1. The molecule has 2 aliphatic carbocycles. The molecule has 0 spiro atoms. The molecule has 8 unspecified atom stereocenters. The number of aliphatic hydroxyl groups excluding tert-OH is 2. The summed E-state index contributed by atoms with van der Waals surface area (Å²) in [4.78, 5) is 11.4. The summed E-state index contributed by atoms with van der Waals surface area (Å²) in [6, 6.07) is 0. The molecule has 1 saturated heterocycles. The zero-order valence-electron chi connectivity index (χ0n) is 20.7. The van der Waals surface area contributed by atoms with Crippen molar-refractivity contribution in [2.24, 2.45) is 23.7 Å². The zero-order chi connectivity index (χ0) is 24.1. The quantitative estimate of drug-likeness (QED) is 0.413. The number of allylic oxidation sites excluding steroid dienone is 5. The summed E-state index contributed by atoms with van der Waals surface area (Å²) in [6.07, 6.45) is 6.92. The summed E-state index contributed by atoms with van der Waals surface area (Å²) < 4.78 is 16.8. The number of carbonyl (C=O) groups is 1. The van der Waals surface area contributed by atoms with E-state index in [4.69, 9.17) is 14.2 Å². The maximum atomic E-state index is 11.4. The molecule has 3 rings (SSSR count). The smallest absolute Gasteiger partial charge is 0.303 e. The van der Waals surface area contributed by atoms with E-state index in [0.717, 1.165) is 32.1 Å². The normalized spacial score (nSPS) is 35.3. The predicted octanol–water partition coefficient (Wildman–Crippen LogP) is 4.31. The molecule has 33 heavy (non-hydrogen) atoms. The summed E-state index contributed by atoms with van der Waals surface area (Å²) in [5, 5.41) is 20.8. The first-order valence-corrected chi connectivity index (χ1v) is 12.4. The lowest BCUT2D eigenvalue weighted by Gasteiger charge is -2.45. The lowest BCUT2D eigenvalue weighted by Crippen LogP contribution is -2.55. The van der Waals surface area contributed by atoms with Gasteiger partial charge in [-0.05, 0) is 83.0 Å². The molecule has 0 amide bonds. The van der Waals surface area contributed by atoms with Crippen molar-refractivity contribution in [2.75, 3.05) is 13.2 Å². The third-order valence-electron chi connectivity index (χ3n) is 7.51. The fourth-order valence-corrected chi connectivity index (χ4v) is 5.76. The maximum absolute atomic E-state index is 11.4. The van der Waals surface area contributed by atoms with E-state index in [9.17, 15) is 15.0 Å². The van der Waals surface area contributed by atoms with Crippen LogP contribution in [0.2, 0.25) is 0 Å². The van der Waals surface area contributed by atoms with Crippen LogP contribution in [0.25, 0.3) is 0 Å². The lowest BCUT2D eigenvalue weighted by molar-refractivity contribution is -0.277. The van der Waals surface area contributed by atoms with Gasteiger partial charge in [0.25, 0.3) is 0 Å². The van der Waals surface area contributed by atoms with E-state index in [-0.39, 0.29) is 6.61 Å². The van der Waals surface area contributed by atoms with Crippen molar-refractivity contribution in [1.29, 1.82) is 0 Å². The third kappa shape index (κ3) is 6.78. The monoisotopic (exact) mass is 462 g/mol. The highest BCUT2D eigenvalue weighted by Gasteiger charge is 2.43. The fourth-order valence-electron chi connectivity index (χ4n) is 5.76. The van der Waals surface area contributed by atoms with Crippen LogP contribution in [-0.2, 0) is 19.0 Å². The first kappa shape index (κ1) is 26.1. The van der Waals surface area contributed by atoms with Gasteiger partial charge in [-0.1, -0.05) is 35.5 Å². The minimum absolute atomic E-state index is 0.0437.